The highest BCUT2D eigenvalue weighted by Crippen LogP contribution is 2.22. The van der Waals surface area contributed by atoms with E-state index in [0.717, 1.165) is 0 Å². The van der Waals surface area contributed by atoms with E-state index in [1.165, 1.54) is 35.6 Å². The van der Waals surface area contributed by atoms with Gasteiger partial charge in [0.25, 0.3) is 11.8 Å². The van der Waals surface area contributed by atoms with Gasteiger partial charge in [-0.3, -0.25) is 9.59 Å². The van der Waals surface area contributed by atoms with Crippen LogP contribution < -0.4 is 0 Å². The summed E-state index contributed by atoms with van der Waals surface area (Å²) in [6, 6.07) is 10.5. The zero-order valence-electron chi connectivity index (χ0n) is 18.1. The topological polar surface area (TPSA) is 78.0 Å². The minimum atomic E-state index is -3.61. The molecule has 0 unspecified atom stereocenters. The summed E-state index contributed by atoms with van der Waals surface area (Å²) in [5.74, 6) is -0.394. The van der Waals surface area contributed by atoms with Crippen LogP contribution in [0.2, 0.25) is 10.0 Å². The fourth-order valence-electron chi connectivity index (χ4n) is 3.37. The molecule has 2 aromatic rings. The predicted octanol–water partition coefficient (Wildman–Crippen LogP) is 3.62. The van der Waals surface area contributed by atoms with Gasteiger partial charge in [-0.15, -0.1) is 0 Å². The van der Waals surface area contributed by atoms with E-state index in [9.17, 15) is 18.0 Å². The van der Waals surface area contributed by atoms with Crippen LogP contribution in [0, 0.1) is 0 Å². The van der Waals surface area contributed by atoms with Gasteiger partial charge < -0.3 is 9.80 Å². The van der Waals surface area contributed by atoms with Gasteiger partial charge in [0.05, 0.1) is 4.90 Å². The number of hydrogen-bond acceptors (Lipinski definition) is 4. The van der Waals surface area contributed by atoms with Crippen molar-refractivity contribution in [2.24, 2.45) is 0 Å². The molecule has 2 amide bonds. The smallest absolute Gasteiger partial charge is 0.254 e. The van der Waals surface area contributed by atoms with Crippen molar-refractivity contribution in [2.45, 2.75) is 24.8 Å². The Labute approximate surface area is 198 Å². The Kier molecular flexibility index (Phi) is 7.50. The van der Waals surface area contributed by atoms with E-state index in [0.29, 0.717) is 47.4 Å². The average molecular weight is 498 g/mol. The number of carbonyl (C=O) groups excluding carboxylic acids is 2. The van der Waals surface area contributed by atoms with Crippen molar-refractivity contribution in [1.82, 2.24) is 14.1 Å². The number of nitrogens with zero attached hydrogens (tertiary/aromatic N) is 3. The second-order valence-electron chi connectivity index (χ2n) is 7.88. The molecule has 172 valence electrons. The molecular formula is C22H25Cl2N3O4S. The molecule has 32 heavy (non-hydrogen) atoms. The van der Waals surface area contributed by atoms with Crippen LogP contribution in [0.4, 0.5) is 0 Å². The maximum absolute atomic E-state index is 12.9. The Balaban J connectivity index is 1.65. The minimum Gasteiger partial charge on any atom is -0.335 e. The van der Waals surface area contributed by atoms with Crippen LogP contribution in [0.3, 0.4) is 0 Å². The van der Waals surface area contributed by atoms with E-state index in [1.54, 1.807) is 41.8 Å². The lowest BCUT2D eigenvalue weighted by Crippen LogP contribution is -2.50. The molecule has 0 aromatic heterocycles. The molecule has 1 saturated heterocycles. The molecule has 0 aliphatic carbocycles. The molecular weight excluding hydrogens is 473 g/mol. The molecule has 0 atom stereocenters. The van der Waals surface area contributed by atoms with Gasteiger partial charge >= 0.3 is 0 Å². The normalized spacial score (nSPS) is 14.8. The Bertz CT molecular complexity index is 1090. The average Bonchev–Trinajstić information content (AvgIpc) is 2.77. The zero-order chi connectivity index (χ0) is 23.6. The lowest BCUT2D eigenvalue weighted by atomic mass is 10.1. The summed E-state index contributed by atoms with van der Waals surface area (Å²) in [6.45, 7) is 5.08. The van der Waals surface area contributed by atoms with Crippen LogP contribution in [-0.2, 0) is 10.0 Å². The van der Waals surface area contributed by atoms with Crippen LogP contribution in [0.25, 0.3) is 0 Å². The number of carbonyl (C=O) groups is 2. The molecule has 0 saturated carbocycles. The number of halogens is 2. The largest absolute Gasteiger partial charge is 0.335 e. The monoisotopic (exact) mass is 497 g/mol. The van der Waals surface area contributed by atoms with E-state index in [4.69, 9.17) is 23.2 Å². The van der Waals surface area contributed by atoms with E-state index in [2.05, 4.69) is 0 Å². The third-order valence-electron chi connectivity index (χ3n) is 5.47. The summed E-state index contributed by atoms with van der Waals surface area (Å²) in [5, 5.41) is 0.777. The van der Waals surface area contributed by atoms with E-state index in [1.807, 2.05) is 0 Å². The molecule has 10 heteroatoms. The second-order valence-corrected chi connectivity index (χ2v) is 10.8. The van der Waals surface area contributed by atoms with Gasteiger partial charge in [0.2, 0.25) is 10.0 Å². The molecule has 1 heterocycles. The number of sulfonamides is 1. The van der Waals surface area contributed by atoms with Gasteiger partial charge in [-0.25, -0.2) is 8.42 Å². The Morgan fingerprint density at radius 2 is 1.28 bits per heavy atom. The summed E-state index contributed by atoms with van der Waals surface area (Å²) in [5.41, 5.74) is 0.808. The van der Waals surface area contributed by atoms with E-state index < -0.39 is 10.0 Å². The van der Waals surface area contributed by atoms with E-state index >= 15 is 0 Å². The number of rotatable bonds is 5. The molecule has 0 N–H and O–H groups in total. The van der Waals surface area contributed by atoms with Gasteiger partial charge in [-0.05, 0) is 56.3 Å². The van der Waals surface area contributed by atoms with Crippen LogP contribution in [0.15, 0.2) is 47.4 Å². The Morgan fingerprint density at radius 3 is 1.72 bits per heavy atom. The highest BCUT2D eigenvalue weighted by molar-refractivity contribution is 7.89. The van der Waals surface area contributed by atoms with Crippen LogP contribution in [-0.4, -0.2) is 73.6 Å². The molecule has 0 spiro atoms. The summed E-state index contributed by atoms with van der Waals surface area (Å²) in [4.78, 5) is 29.0. The van der Waals surface area contributed by atoms with Crippen molar-refractivity contribution >= 4 is 45.0 Å². The Morgan fingerprint density at radius 1 is 0.844 bits per heavy atom. The summed E-state index contributed by atoms with van der Waals surface area (Å²) in [6.07, 6.45) is 0. The van der Waals surface area contributed by atoms with Crippen molar-refractivity contribution in [3.8, 4) is 0 Å². The standard InChI is InChI=1S/C22H25Cl2N3O4S/c1-15(2)25(3)32(30,31)20-6-4-16(5-7-20)21(28)26-8-10-27(11-9-26)22(29)17-12-18(23)14-19(24)13-17/h4-7,12-15H,8-11H2,1-3H3. The SMILES string of the molecule is CC(C)N(C)S(=O)(=O)c1ccc(C(=O)N2CCN(C(=O)c3cc(Cl)cc(Cl)c3)CC2)cc1. The summed E-state index contributed by atoms with van der Waals surface area (Å²) < 4.78 is 26.5. The minimum absolute atomic E-state index is 0.140. The first kappa shape index (κ1) is 24.5. The van der Waals surface area contributed by atoms with Crippen molar-refractivity contribution < 1.29 is 18.0 Å². The first-order valence-corrected chi connectivity index (χ1v) is 12.3. The number of benzene rings is 2. The maximum atomic E-state index is 12.9. The van der Waals surface area contributed by atoms with Crippen molar-refractivity contribution in [2.75, 3.05) is 33.2 Å². The molecule has 3 rings (SSSR count). The lowest BCUT2D eigenvalue weighted by Gasteiger charge is -2.35. The van der Waals surface area contributed by atoms with Gasteiger partial charge in [0, 0.05) is 60.4 Å². The third kappa shape index (κ3) is 5.26. The van der Waals surface area contributed by atoms with Crippen molar-refractivity contribution in [3.63, 3.8) is 0 Å². The predicted molar refractivity (Wildman–Crippen MR) is 125 cm³/mol. The van der Waals surface area contributed by atoms with Crippen LogP contribution in [0.1, 0.15) is 34.6 Å². The Hall–Kier alpha value is -2.13. The highest BCUT2D eigenvalue weighted by Gasteiger charge is 2.27. The lowest BCUT2D eigenvalue weighted by molar-refractivity contribution is 0.0535. The molecule has 1 aliphatic heterocycles. The fourth-order valence-corrected chi connectivity index (χ4v) is 5.26. The van der Waals surface area contributed by atoms with Gasteiger partial charge in [-0.2, -0.15) is 4.31 Å². The highest BCUT2D eigenvalue weighted by atomic mass is 35.5. The van der Waals surface area contributed by atoms with Gasteiger partial charge in [0.15, 0.2) is 0 Å². The van der Waals surface area contributed by atoms with Crippen molar-refractivity contribution in [1.29, 1.82) is 0 Å². The van der Waals surface area contributed by atoms with Gasteiger partial charge in [0.1, 0.15) is 0 Å². The molecule has 7 nitrogen and oxygen atoms in total. The molecule has 2 aromatic carbocycles. The maximum Gasteiger partial charge on any atom is 0.254 e. The van der Waals surface area contributed by atoms with E-state index in [-0.39, 0.29) is 22.8 Å². The quantitative estimate of drug-likeness (QED) is 0.631. The van der Waals surface area contributed by atoms with Crippen LogP contribution in [0.5, 0.6) is 0 Å². The first-order chi connectivity index (χ1) is 15.0. The van der Waals surface area contributed by atoms with Crippen LogP contribution >= 0.6 is 23.2 Å². The first-order valence-electron chi connectivity index (χ1n) is 10.1. The number of amides is 2. The zero-order valence-corrected chi connectivity index (χ0v) is 20.4. The third-order valence-corrected chi connectivity index (χ3v) is 7.95. The number of hydrogen-bond donors (Lipinski definition) is 0. The van der Waals surface area contributed by atoms with Crippen molar-refractivity contribution in [3.05, 3.63) is 63.6 Å². The number of piperazine rings is 1. The molecule has 1 fully saturated rings. The summed E-state index contributed by atoms with van der Waals surface area (Å²) in [7, 11) is -2.08. The molecule has 0 radical (unpaired) electrons. The second kappa shape index (κ2) is 9.79. The molecule has 1 aliphatic rings. The molecule has 0 bridgehead atoms. The summed E-state index contributed by atoms with van der Waals surface area (Å²) >= 11 is 12.0. The van der Waals surface area contributed by atoms with Gasteiger partial charge in [-0.1, -0.05) is 23.2 Å². The fraction of sp³-hybridized carbons (Fsp3) is 0.364.